The van der Waals surface area contributed by atoms with Gasteiger partial charge in [-0.3, -0.25) is 4.79 Å². The largest absolute Gasteiger partial charge is 0.416 e. The maximum absolute atomic E-state index is 13.3. The number of carbonyl (C=O) groups is 1. The average Bonchev–Trinajstić information content (AvgIpc) is 3.04. The van der Waals surface area contributed by atoms with Crippen molar-refractivity contribution in [3.63, 3.8) is 0 Å². The summed E-state index contributed by atoms with van der Waals surface area (Å²) in [5, 5.41) is 2.84. The first-order chi connectivity index (χ1) is 12.8. The van der Waals surface area contributed by atoms with Crippen LogP contribution in [0.25, 0.3) is 0 Å². The van der Waals surface area contributed by atoms with Crippen molar-refractivity contribution in [1.82, 2.24) is 5.32 Å². The summed E-state index contributed by atoms with van der Waals surface area (Å²) in [6.07, 6.45) is -4.43. The summed E-state index contributed by atoms with van der Waals surface area (Å²) in [5.74, 6) is -0.588. The van der Waals surface area contributed by atoms with Crippen LogP contribution in [0, 0.1) is 0 Å². The van der Waals surface area contributed by atoms with Gasteiger partial charge in [0.25, 0.3) is 5.91 Å². The molecule has 0 aromatic heterocycles. The van der Waals surface area contributed by atoms with E-state index in [1.165, 1.54) is 25.3 Å². The molecule has 0 spiro atoms. The minimum Gasteiger partial charge on any atom is -0.367 e. The predicted molar refractivity (Wildman–Crippen MR) is 94.7 cm³/mol. The Morgan fingerprint density at radius 1 is 1.30 bits per heavy atom. The van der Waals surface area contributed by atoms with Gasteiger partial charge in [-0.15, -0.1) is 0 Å². The number of rotatable bonds is 5. The Bertz CT molecular complexity index is 836. The van der Waals surface area contributed by atoms with E-state index >= 15 is 0 Å². The third-order valence-electron chi connectivity index (χ3n) is 4.86. The van der Waals surface area contributed by atoms with Crippen molar-refractivity contribution in [3.8, 4) is 0 Å². The molecule has 0 heterocycles. The second-order valence-electron chi connectivity index (χ2n) is 6.54. The van der Waals surface area contributed by atoms with E-state index in [1.54, 1.807) is 0 Å². The van der Waals surface area contributed by atoms with Crippen molar-refractivity contribution >= 4 is 5.91 Å². The van der Waals surface area contributed by atoms with Crippen molar-refractivity contribution in [2.24, 2.45) is 5.73 Å². The summed E-state index contributed by atoms with van der Waals surface area (Å²) in [6.45, 7) is 0.435. The highest BCUT2D eigenvalue weighted by atomic mass is 19.4. The zero-order chi connectivity index (χ0) is 19.6. The predicted octanol–water partition coefficient (Wildman–Crippen LogP) is 3.66. The first-order valence-corrected chi connectivity index (χ1v) is 8.66. The van der Waals surface area contributed by atoms with Crippen LogP contribution in [-0.2, 0) is 28.7 Å². The smallest absolute Gasteiger partial charge is 0.367 e. The number of nitrogens with one attached hydrogen (secondary N) is 1. The normalized spacial score (nSPS) is 17.4. The number of halogens is 3. The zero-order valence-corrected chi connectivity index (χ0v) is 14.8. The van der Waals surface area contributed by atoms with Crippen LogP contribution in [0.2, 0.25) is 0 Å². The van der Waals surface area contributed by atoms with Gasteiger partial charge < -0.3 is 15.8 Å². The van der Waals surface area contributed by atoms with E-state index in [4.69, 9.17) is 10.5 Å². The van der Waals surface area contributed by atoms with Crippen LogP contribution >= 0.6 is 0 Å². The third-order valence-corrected chi connectivity index (χ3v) is 4.86. The van der Waals surface area contributed by atoms with Gasteiger partial charge in [-0.05, 0) is 35.6 Å². The molecule has 0 saturated heterocycles. The quantitative estimate of drug-likeness (QED) is 0.835. The van der Waals surface area contributed by atoms with Crippen molar-refractivity contribution in [2.75, 3.05) is 7.11 Å². The topological polar surface area (TPSA) is 64.3 Å². The Kier molecular flexibility index (Phi) is 5.53. The van der Waals surface area contributed by atoms with Crippen LogP contribution < -0.4 is 11.1 Å². The number of alkyl halides is 3. The molecule has 27 heavy (non-hydrogen) atoms. The molecular weight excluding hydrogens is 357 g/mol. The Morgan fingerprint density at radius 2 is 2.04 bits per heavy atom. The lowest BCUT2D eigenvalue weighted by molar-refractivity contribution is -0.141. The van der Waals surface area contributed by atoms with Crippen LogP contribution in [0.1, 0.15) is 46.4 Å². The molecule has 144 valence electrons. The van der Waals surface area contributed by atoms with Crippen LogP contribution in [0.4, 0.5) is 13.2 Å². The van der Waals surface area contributed by atoms with E-state index in [9.17, 15) is 18.0 Å². The van der Waals surface area contributed by atoms with Crippen molar-refractivity contribution < 1.29 is 22.7 Å². The van der Waals surface area contributed by atoms with Crippen LogP contribution in [-0.4, -0.2) is 13.0 Å². The molecule has 0 radical (unpaired) electrons. The lowest BCUT2D eigenvalue weighted by Gasteiger charge is -2.22. The number of nitrogens with two attached hydrogens (primary N) is 1. The molecule has 2 aromatic carbocycles. The van der Waals surface area contributed by atoms with Crippen LogP contribution in [0.5, 0.6) is 0 Å². The number of amides is 1. The number of carbonyl (C=O) groups excluding carboxylic acids is 1. The van der Waals surface area contributed by atoms with Gasteiger partial charge in [0.05, 0.1) is 11.6 Å². The maximum Gasteiger partial charge on any atom is 0.416 e. The fourth-order valence-corrected chi connectivity index (χ4v) is 3.55. The van der Waals surface area contributed by atoms with Gasteiger partial charge in [0.15, 0.2) is 6.10 Å². The van der Waals surface area contributed by atoms with Gasteiger partial charge in [0, 0.05) is 19.2 Å². The molecule has 4 nitrogen and oxygen atoms in total. The summed E-state index contributed by atoms with van der Waals surface area (Å²) in [4.78, 5) is 12.7. The minimum atomic E-state index is -4.56. The zero-order valence-electron chi connectivity index (χ0n) is 14.8. The molecule has 1 aliphatic rings. The van der Waals surface area contributed by atoms with E-state index in [2.05, 4.69) is 5.32 Å². The van der Waals surface area contributed by atoms with Gasteiger partial charge in [0.1, 0.15) is 0 Å². The van der Waals surface area contributed by atoms with Gasteiger partial charge >= 0.3 is 6.18 Å². The van der Waals surface area contributed by atoms with E-state index in [0.29, 0.717) is 13.0 Å². The molecule has 3 rings (SSSR count). The number of methoxy groups -OCH3 is 1. The molecule has 1 aliphatic carbocycles. The first-order valence-electron chi connectivity index (χ1n) is 8.66. The summed E-state index contributed by atoms with van der Waals surface area (Å²) in [5.41, 5.74) is 7.68. The summed E-state index contributed by atoms with van der Waals surface area (Å²) < 4.78 is 45.0. The van der Waals surface area contributed by atoms with Crippen molar-refractivity contribution in [1.29, 1.82) is 0 Å². The average molecular weight is 378 g/mol. The summed E-state index contributed by atoms with van der Waals surface area (Å²) >= 11 is 0. The SMILES string of the molecule is COC(C(=O)NC1CCc2cc(CN)ccc21)c1ccccc1C(F)(F)F. The molecule has 7 heteroatoms. The first kappa shape index (κ1) is 19.4. The molecule has 2 aromatic rings. The number of benzene rings is 2. The second kappa shape index (κ2) is 7.70. The molecule has 0 aliphatic heterocycles. The van der Waals surface area contributed by atoms with Crippen LogP contribution in [0.3, 0.4) is 0 Å². The Morgan fingerprint density at radius 3 is 2.70 bits per heavy atom. The molecular formula is C20H21F3N2O2. The number of hydrogen-bond donors (Lipinski definition) is 2. The molecule has 2 atom stereocenters. The van der Waals surface area contributed by atoms with Crippen LogP contribution in [0.15, 0.2) is 42.5 Å². The Hall–Kier alpha value is -2.38. The number of hydrogen-bond acceptors (Lipinski definition) is 3. The summed E-state index contributed by atoms with van der Waals surface area (Å²) in [7, 11) is 1.23. The van der Waals surface area contributed by atoms with E-state index in [0.717, 1.165) is 29.2 Å². The van der Waals surface area contributed by atoms with Gasteiger partial charge in [-0.25, -0.2) is 0 Å². The maximum atomic E-state index is 13.3. The van der Waals surface area contributed by atoms with E-state index in [1.807, 2.05) is 18.2 Å². The standard InChI is InChI=1S/C20H21F3N2O2/c1-27-18(15-4-2-3-5-16(15)20(21,22)23)19(26)25-17-9-7-13-10-12(11-24)6-8-14(13)17/h2-6,8,10,17-18H,7,9,11,24H2,1H3,(H,25,26). The van der Waals surface area contributed by atoms with Crippen molar-refractivity contribution in [3.05, 3.63) is 70.3 Å². The van der Waals surface area contributed by atoms with Gasteiger partial charge in [-0.1, -0.05) is 36.4 Å². The van der Waals surface area contributed by atoms with Gasteiger partial charge in [-0.2, -0.15) is 13.2 Å². The molecule has 2 unspecified atom stereocenters. The molecule has 0 bridgehead atoms. The molecule has 3 N–H and O–H groups in total. The lowest BCUT2D eigenvalue weighted by Crippen LogP contribution is -2.33. The monoisotopic (exact) mass is 378 g/mol. The summed E-state index contributed by atoms with van der Waals surface area (Å²) in [6, 6.07) is 10.5. The highest BCUT2D eigenvalue weighted by molar-refractivity contribution is 5.83. The van der Waals surface area contributed by atoms with Gasteiger partial charge in [0.2, 0.25) is 0 Å². The minimum absolute atomic E-state index is 0.193. The third kappa shape index (κ3) is 3.99. The lowest BCUT2D eigenvalue weighted by atomic mass is 10.00. The molecule has 0 saturated carbocycles. The molecule has 1 amide bonds. The van der Waals surface area contributed by atoms with Crippen molar-refractivity contribution in [2.45, 2.75) is 37.7 Å². The highest BCUT2D eigenvalue weighted by Gasteiger charge is 2.37. The van der Waals surface area contributed by atoms with E-state index < -0.39 is 23.8 Å². The number of ether oxygens (including phenoxy) is 1. The Balaban J connectivity index is 1.83. The fourth-order valence-electron chi connectivity index (χ4n) is 3.55. The second-order valence-corrected chi connectivity index (χ2v) is 6.54. The number of aryl methyl sites for hydroxylation is 1. The highest BCUT2D eigenvalue weighted by Crippen LogP contribution is 2.37. The Labute approximate surface area is 155 Å². The fraction of sp³-hybridized carbons (Fsp3) is 0.350. The molecule has 0 fully saturated rings. The van der Waals surface area contributed by atoms with E-state index in [-0.39, 0.29) is 11.6 Å². The number of fused-ring (bicyclic) bond motifs is 1.